The smallest absolute Gasteiger partial charge is 0.410 e. The second kappa shape index (κ2) is 3.40. The number of carbonyl (C=O) groups is 2. The van der Waals surface area contributed by atoms with Gasteiger partial charge in [-0.2, -0.15) is 0 Å². The number of carbonyl (C=O) groups excluding carboxylic acids is 2. The SMILES string of the molecule is CC(C)(C)OC(=O)N1CC2C([C@@H]1C=O)C2(F)F. The molecule has 2 unspecified atom stereocenters. The predicted octanol–water partition coefficient (Wildman–Crippen LogP) is 1.69. The minimum absolute atomic E-state index is 0.101. The predicted molar refractivity (Wildman–Crippen MR) is 54.7 cm³/mol. The molecule has 17 heavy (non-hydrogen) atoms. The van der Waals surface area contributed by atoms with Crippen LogP contribution in [0.15, 0.2) is 0 Å². The lowest BCUT2D eigenvalue weighted by molar-refractivity contribution is -0.114. The van der Waals surface area contributed by atoms with Gasteiger partial charge in [-0.1, -0.05) is 0 Å². The molecule has 0 bridgehead atoms. The fourth-order valence-corrected chi connectivity index (χ4v) is 2.32. The molecule has 1 saturated heterocycles. The van der Waals surface area contributed by atoms with Gasteiger partial charge in [0, 0.05) is 6.54 Å². The molecule has 2 aliphatic rings. The number of hydrogen-bond donors (Lipinski definition) is 0. The quantitative estimate of drug-likeness (QED) is 0.662. The Kier molecular flexibility index (Phi) is 2.45. The van der Waals surface area contributed by atoms with Crippen LogP contribution in [0.5, 0.6) is 0 Å². The van der Waals surface area contributed by atoms with Crippen molar-refractivity contribution in [2.75, 3.05) is 6.54 Å². The van der Waals surface area contributed by atoms with Gasteiger partial charge in [0.05, 0.1) is 17.9 Å². The van der Waals surface area contributed by atoms with E-state index in [-0.39, 0.29) is 6.54 Å². The third-order valence-electron chi connectivity index (χ3n) is 3.15. The molecule has 3 atom stereocenters. The Bertz CT molecular complexity index is 364. The fraction of sp³-hybridized carbons (Fsp3) is 0.818. The van der Waals surface area contributed by atoms with Crippen LogP contribution in [0.25, 0.3) is 0 Å². The van der Waals surface area contributed by atoms with Crippen molar-refractivity contribution in [2.24, 2.45) is 11.8 Å². The lowest BCUT2D eigenvalue weighted by atomic mass is 10.2. The van der Waals surface area contributed by atoms with Crippen molar-refractivity contribution in [2.45, 2.75) is 38.3 Å². The maximum atomic E-state index is 13.1. The molecule has 1 amide bonds. The Morgan fingerprint density at radius 3 is 2.53 bits per heavy atom. The second-order valence-corrected chi connectivity index (χ2v) is 5.57. The number of aldehydes is 1. The summed E-state index contributed by atoms with van der Waals surface area (Å²) >= 11 is 0. The van der Waals surface area contributed by atoms with Crippen LogP contribution in [0.2, 0.25) is 0 Å². The molecule has 0 N–H and O–H groups in total. The average molecular weight is 247 g/mol. The van der Waals surface area contributed by atoms with Gasteiger partial charge < -0.3 is 9.53 Å². The third kappa shape index (κ3) is 1.89. The molecule has 0 spiro atoms. The first-order valence-corrected chi connectivity index (χ1v) is 5.51. The van der Waals surface area contributed by atoms with Crippen LogP contribution in [-0.4, -0.2) is 41.4 Å². The van der Waals surface area contributed by atoms with E-state index in [9.17, 15) is 18.4 Å². The molecule has 0 aromatic heterocycles. The van der Waals surface area contributed by atoms with Crippen LogP contribution < -0.4 is 0 Å². The van der Waals surface area contributed by atoms with Gasteiger partial charge in [-0.3, -0.25) is 4.90 Å². The van der Waals surface area contributed by atoms with Crippen LogP contribution in [0.3, 0.4) is 0 Å². The zero-order chi connectivity index (χ0) is 13.0. The molecule has 6 heteroatoms. The summed E-state index contributed by atoms with van der Waals surface area (Å²) in [7, 11) is 0. The summed E-state index contributed by atoms with van der Waals surface area (Å²) in [5.74, 6) is -4.71. The van der Waals surface area contributed by atoms with Crippen LogP contribution in [0, 0.1) is 11.8 Å². The summed E-state index contributed by atoms with van der Waals surface area (Å²) in [6.07, 6.45) is -0.284. The number of likely N-dealkylation sites (tertiary alicyclic amines) is 1. The summed E-state index contributed by atoms with van der Waals surface area (Å²) in [4.78, 5) is 23.6. The van der Waals surface area contributed by atoms with Gasteiger partial charge in [0.2, 0.25) is 0 Å². The molecule has 1 aliphatic carbocycles. The largest absolute Gasteiger partial charge is 0.444 e. The van der Waals surface area contributed by atoms with Gasteiger partial charge in [0.1, 0.15) is 11.9 Å². The number of hydrogen-bond acceptors (Lipinski definition) is 3. The monoisotopic (exact) mass is 247 g/mol. The number of piperidine rings is 1. The molecular formula is C11H15F2NO3. The fourth-order valence-electron chi connectivity index (χ4n) is 2.32. The number of halogens is 2. The highest BCUT2D eigenvalue weighted by molar-refractivity contribution is 5.76. The van der Waals surface area contributed by atoms with Crippen LogP contribution in [-0.2, 0) is 9.53 Å². The van der Waals surface area contributed by atoms with E-state index in [2.05, 4.69) is 0 Å². The Labute approximate surface area is 97.9 Å². The number of nitrogens with zero attached hydrogens (tertiary/aromatic N) is 1. The minimum atomic E-state index is -2.80. The zero-order valence-electron chi connectivity index (χ0n) is 9.94. The normalized spacial score (nSPS) is 34.2. The van der Waals surface area contributed by atoms with Crippen LogP contribution in [0.4, 0.5) is 13.6 Å². The third-order valence-corrected chi connectivity index (χ3v) is 3.15. The summed E-state index contributed by atoms with van der Waals surface area (Å²) in [6, 6.07) is -1.05. The van der Waals surface area contributed by atoms with Gasteiger partial charge in [0.25, 0.3) is 5.92 Å². The Morgan fingerprint density at radius 1 is 1.47 bits per heavy atom. The number of ether oxygens (including phenoxy) is 1. The van der Waals surface area contributed by atoms with E-state index >= 15 is 0 Å². The summed E-state index contributed by atoms with van der Waals surface area (Å²) < 4.78 is 31.3. The summed E-state index contributed by atoms with van der Waals surface area (Å²) in [5.41, 5.74) is -0.695. The van der Waals surface area contributed by atoms with Crippen molar-refractivity contribution in [1.82, 2.24) is 4.90 Å². The minimum Gasteiger partial charge on any atom is -0.444 e. The highest BCUT2D eigenvalue weighted by Gasteiger charge is 2.76. The molecule has 1 saturated carbocycles. The molecule has 2 fully saturated rings. The zero-order valence-corrected chi connectivity index (χ0v) is 9.94. The number of amides is 1. The number of alkyl halides is 2. The van der Waals surface area contributed by atoms with Crippen molar-refractivity contribution in [3.05, 3.63) is 0 Å². The highest BCUT2D eigenvalue weighted by atomic mass is 19.3. The molecule has 96 valence electrons. The lowest BCUT2D eigenvalue weighted by Crippen LogP contribution is -2.44. The highest BCUT2D eigenvalue weighted by Crippen LogP contribution is 2.61. The van der Waals surface area contributed by atoms with Gasteiger partial charge in [-0.05, 0) is 20.8 Å². The number of rotatable bonds is 1. The van der Waals surface area contributed by atoms with Crippen molar-refractivity contribution in [3.8, 4) is 0 Å². The van der Waals surface area contributed by atoms with E-state index in [0.717, 1.165) is 4.90 Å². The molecule has 1 heterocycles. The first kappa shape index (κ1) is 12.3. The Hall–Kier alpha value is -1.20. The standard InChI is InChI=1S/C11H15F2NO3/c1-10(2,3)17-9(16)14-4-6-8(7(14)5-15)11(6,12)13/h5-8H,4H2,1-3H3/t6?,7-,8?/m0/s1. The van der Waals surface area contributed by atoms with Gasteiger partial charge in [-0.25, -0.2) is 13.6 Å². The van der Waals surface area contributed by atoms with Crippen LogP contribution >= 0.6 is 0 Å². The Morgan fingerprint density at radius 2 is 2.06 bits per heavy atom. The molecule has 0 aromatic rings. The van der Waals surface area contributed by atoms with Crippen molar-refractivity contribution < 1.29 is 23.1 Å². The maximum Gasteiger partial charge on any atom is 0.410 e. The van der Waals surface area contributed by atoms with Gasteiger partial charge >= 0.3 is 6.09 Å². The summed E-state index contributed by atoms with van der Waals surface area (Å²) in [6.45, 7) is 4.96. The van der Waals surface area contributed by atoms with E-state index in [0.29, 0.717) is 6.29 Å². The second-order valence-electron chi connectivity index (χ2n) is 5.57. The van der Waals surface area contributed by atoms with Gasteiger partial charge in [-0.15, -0.1) is 0 Å². The molecule has 4 nitrogen and oxygen atoms in total. The van der Waals surface area contributed by atoms with Gasteiger partial charge in [0.15, 0.2) is 0 Å². The number of fused-ring (bicyclic) bond motifs is 1. The molecule has 2 rings (SSSR count). The lowest BCUT2D eigenvalue weighted by Gasteiger charge is -2.28. The first-order valence-electron chi connectivity index (χ1n) is 5.51. The van der Waals surface area contributed by atoms with E-state index in [4.69, 9.17) is 4.74 Å². The van der Waals surface area contributed by atoms with Crippen LogP contribution in [0.1, 0.15) is 20.8 Å². The first-order chi connectivity index (χ1) is 7.68. The van der Waals surface area contributed by atoms with E-state index in [1.165, 1.54) is 0 Å². The topological polar surface area (TPSA) is 46.6 Å². The Balaban J connectivity index is 2.05. The van der Waals surface area contributed by atoms with Crippen molar-refractivity contribution in [1.29, 1.82) is 0 Å². The van der Waals surface area contributed by atoms with Crippen molar-refractivity contribution >= 4 is 12.4 Å². The molecule has 0 radical (unpaired) electrons. The molecule has 0 aromatic carbocycles. The maximum absolute atomic E-state index is 13.1. The molecule has 1 aliphatic heterocycles. The summed E-state index contributed by atoms with van der Waals surface area (Å²) in [5, 5.41) is 0. The van der Waals surface area contributed by atoms with E-state index in [1.54, 1.807) is 20.8 Å². The van der Waals surface area contributed by atoms with E-state index < -0.39 is 35.5 Å². The molecular weight excluding hydrogens is 232 g/mol. The van der Waals surface area contributed by atoms with Crippen molar-refractivity contribution in [3.63, 3.8) is 0 Å². The van der Waals surface area contributed by atoms with E-state index in [1.807, 2.05) is 0 Å². The average Bonchev–Trinajstić information content (AvgIpc) is 2.59.